The van der Waals surface area contributed by atoms with Crippen molar-refractivity contribution in [2.24, 2.45) is 0 Å². The van der Waals surface area contributed by atoms with Crippen molar-refractivity contribution in [3.63, 3.8) is 0 Å². The monoisotopic (exact) mass is 516 g/mol. The van der Waals surface area contributed by atoms with E-state index in [0.717, 1.165) is 8.95 Å². The summed E-state index contributed by atoms with van der Waals surface area (Å²) in [6.45, 7) is 0. The number of hydrogen-bond donors (Lipinski definition) is 0. The van der Waals surface area contributed by atoms with Crippen LogP contribution >= 0.6 is 62.1 Å². The second-order valence-corrected chi connectivity index (χ2v) is 12.8. The van der Waals surface area contributed by atoms with Crippen molar-refractivity contribution in [3.8, 4) is 0 Å². The van der Waals surface area contributed by atoms with E-state index in [1.165, 1.54) is 7.14 Å². The molecule has 2 aromatic carbocycles. The Hall–Kier alpha value is 0.610. The summed E-state index contributed by atoms with van der Waals surface area (Å²) in [6, 6.07) is 17.1. The van der Waals surface area contributed by atoms with Gasteiger partial charge in [-0.05, 0) is 0 Å². The first-order chi connectivity index (χ1) is 7.66. The second kappa shape index (κ2) is 5.98. The average Bonchev–Trinajstić information content (AvgIpc) is 2.30. The van der Waals surface area contributed by atoms with Gasteiger partial charge in [0.15, 0.2) is 0 Å². The molecule has 0 amide bonds. The number of halogens is 4. The average molecular weight is 519 g/mol. The zero-order valence-electron chi connectivity index (χ0n) is 8.13. The Morgan fingerprint density at radius 1 is 0.625 bits per heavy atom. The summed E-state index contributed by atoms with van der Waals surface area (Å²) in [4.78, 5) is 0. The summed E-state index contributed by atoms with van der Waals surface area (Å²) in [5, 5.41) is 0. The van der Waals surface area contributed by atoms with Crippen LogP contribution in [0.3, 0.4) is 0 Å². The molecule has 0 fully saturated rings. The molecule has 2 aromatic rings. The molecule has 0 aromatic heterocycles. The summed E-state index contributed by atoms with van der Waals surface area (Å²) >= 11 is 9.41. The van der Waals surface area contributed by atoms with Gasteiger partial charge in [-0.15, -0.1) is 0 Å². The SMILES string of the molecule is Brc1ccc(I(Br)c2ccc(Br)cc2)cc1. The van der Waals surface area contributed by atoms with Crippen LogP contribution in [-0.2, 0) is 0 Å². The van der Waals surface area contributed by atoms with E-state index < -0.39 is 17.6 Å². The van der Waals surface area contributed by atoms with Crippen LogP contribution in [0, 0.1) is 7.14 Å². The second-order valence-electron chi connectivity index (χ2n) is 3.11. The van der Waals surface area contributed by atoms with Crippen LogP contribution in [0.1, 0.15) is 0 Å². The topological polar surface area (TPSA) is 0 Å². The molecule has 0 N–H and O–H groups in total. The van der Waals surface area contributed by atoms with Gasteiger partial charge in [0.1, 0.15) is 0 Å². The molecule has 0 radical (unpaired) electrons. The molecule has 0 saturated carbocycles. The fourth-order valence-corrected chi connectivity index (χ4v) is 7.12. The number of hydrogen-bond acceptors (Lipinski definition) is 0. The van der Waals surface area contributed by atoms with Gasteiger partial charge in [-0.1, -0.05) is 0 Å². The Morgan fingerprint density at radius 3 is 1.25 bits per heavy atom. The van der Waals surface area contributed by atoms with Crippen molar-refractivity contribution in [2.45, 2.75) is 0 Å². The number of benzene rings is 2. The molecule has 0 atom stereocenters. The minimum absolute atomic E-state index is 1.13. The van der Waals surface area contributed by atoms with Crippen LogP contribution in [0.25, 0.3) is 0 Å². The third-order valence-electron chi connectivity index (χ3n) is 1.99. The standard InChI is InChI=1S/C12H8Br3I/c13-9-1-5-11(6-2-9)16(15)12-7-3-10(14)4-8-12/h1-8H. The summed E-state index contributed by atoms with van der Waals surface area (Å²) < 4.78 is 5.08. The Kier molecular flexibility index (Phi) is 4.88. The third-order valence-corrected chi connectivity index (χ3v) is 11.3. The van der Waals surface area contributed by atoms with Crippen LogP contribution in [0.15, 0.2) is 57.5 Å². The van der Waals surface area contributed by atoms with Crippen molar-refractivity contribution in [2.75, 3.05) is 0 Å². The molecule has 0 aliphatic carbocycles. The first kappa shape index (κ1) is 13.1. The van der Waals surface area contributed by atoms with E-state index in [0.29, 0.717) is 0 Å². The van der Waals surface area contributed by atoms with Crippen molar-refractivity contribution in [1.82, 2.24) is 0 Å². The quantitative estimate of drug-likeness (QED) is 0.424. The molecule has 0 saturated heterocycles. The molecule has 0 unspecified atom stereocenters. The van der Waals surface area contributed by atoms with Gasteiger partial charge in [0.2, 0.25) is 0 Å². The summed E-state index contributed by atoms with van der Waals surface area (Å²) in [5.41, 5.74) is 0. The molecule has 0 heterocycles. The Bertz CT molecular complexity index is 419. The fourth-order valence-electron chi connectivity index (χ4n) is 1.21. The van der Waals surface area contributed by atoms with Gasteiger partial charge < -0.3 is 0 Å². The molecule has 0 spiro atoms. The Balaban J connectivity index is 2.28. The van der Waals surface area contributed by atoms with E-state index in [9.17, 15) is 0 Å². The normalized spacial score (nSPS) is 11.3. The van der Waals surface area contributed by atoms with Crippen molar-refractivity contribution < 1.29 is 0 Å². The summed E-state index contributed by atoms with van der Waals surface area (Å²) in [7, 11) is 0. The van der Waals surface area contributed by atoms with E-state index >= 15 is 0 Å². The molecule has 4 heteroatoms. The molecule has 0 bridgehead atoms. The molecule has 16 heavy (non-hydrogen) atoms. The molecular formula is C12H8Br3I. The van der Waals surface area contributed by atoms with E-state index in [2.05, 4.69) is 93.1 Å². The van der Waals surface area contributed by atoms with Crippen LogP contribution in [-0.4, -0.2) is 0 Å². The molecule has 0 nitrogen and oxygen atoms in total. The van der Waals surface area contributed by atoms with Gasteiger partial charge in [0, 0.05) is 0 Å². The fraction of sp³-hybridized carbons (Fsp3) is 0. The van der Waals surface area contributed by atoms with Crippen LogP contribution in [0.4, 0.5) is 0 Å². The van der Waals surface area contributed by atoms with Gasteiger partial charge in [-0.3, -0.25) is 0 Å². The molecule has 0 aliphatic heterocycles. The maximum atomic E-state index is 3.87. The molecule has 2 rings (SSSR count). The Morgan fingerprint density at radius 2 is 0.938 bits per heavy atom. The van der Waals surface area contributed by atoms with Gasteiger partial charge in [-0.2, -0.15) is 0 Å². The van der Waals surface area contributed by atoms with Crippen LogP contribution in [0.5, 0.6) is 0 Å². The first-order valence-electron chi connectivity index (χ1n) is 4.54. The zero-order chi connectivity index (χ0) is 11.5. The summed E-state index contributed by atoms with van der Waals surface area (Å²) in [6.07, 6.45) is 0. The van der Waals surface area contributed by atoms with Crippen LogP contribution in [0.2, 0.25) is 0 Å². The van der Waals surface area contributed by atoms with Gasteiger partial charge in [0.25, 0.3) is 0 Å². The predicted octanol–water partition coefficient (Wildman–Crippen LogP) is 6.07. The zero-order valence-corrected chi connectivity index (χ0v) is 15.0. The molecular weight excluding hydrogens is 511 g/mol. The molecule has 0 aliphatic rings. The van der Waals surface area contributed by atoms with Crippen molar-refractivity contribution in [1.29, 1.82) is 0 Å². The van der Waals surface area contributed by atoms with E-state index in [1.807, 2.05) is 0 Å². The third kappa shape index (κ3) is 3.31. The van der Waals surface area contributed by atoms with E-state index in [4.69, 9.17) is 0 Å². The van der Waals surface area contributed by atoms with E-state index in [-0.39, 0.29) is 0 Å². The van der Waals surface area contributed by atoms with Crippen molar-refractivity contribution in [3.05, 3.63) is 64.6 Å². The van der Waals surface area contributed by atoms with Gasteiger partial charge in [-0.25, -0.2) is 0 Å². The van der Waals surface area contributed by atoms with Gasteiger partial charge >= 0.3 is 127 Å². The van der Waals surface area contributed by atoms with E-state index in [1.54, 1.807) is 0 Å². The molecule has 84 valence electrons. The maximum absolute atomic E-state index is 3.87. The van der Waals surface area contributed by atoms with Crippen LogP contribution < -0.4 is 0 Å². The number of rotatable bonds is 2. The first-order valence-corrected chi connectivity index (χ1v) is 13.1. The minimum atomic E-state index is -1.37. The van der Waals surface area contributed by atoms with Gasteiger partial charge in [0.05, 0.1) is 0 Å². The van der Waals surface area contributed by atoms with Crippen molar-refractivity contribution >= 4 is 62.1 Å². The summed E-state index contributed by atoms with van der Waals surface area (Å²) in [5.74, 6) is 0. The Labute approximate surface area is 125 Å². The predicted molar refractivity (Wildman–Crippen MR) is 88.6 cm³/mol.